The number of amides is 2. The quantitative estimate of drug-likeness (QED) is 0.206. The lowest BCUT2D eigenvalue weighted by molar-refractivity contribution is -0.173. The minimum Gasteiger partial charge on any atom is -0.394 e. The van der Waals surface area contributed by atoms with Crippen LogP contribution in [0.5, 0.6) is 0 Å². The normalized spacial score (nSPS) is 16.6. The molecule has 1 aromatic carbocycles. The molecule has 9 nitrogen and oxygen atoms in total. The maximum atomic E-state index is 13.0. The van der Waals surface area contributed by atoms with E-state index in [1.165, 1.54) is 32.4 Å². The molecular weight excluding hydrogens is 668 g/mol. The number of terminal acetylenes is 1. The number of anilines is 1. The average molecular weight is 698 g/mol. The fraction of sp³-hybridized carbons (Fsp3) is 0.324. The van der Waals surface area contributed by atoms with Gasteiger partial charge >= 0.3 is 12.1 Å². The van der Waals surface area contributed by atoms with Crippen molar-refractivity contribution in [3.8, 4) is 59.7 Å². The number of benzene rings is 1. The molecule has 1 fully saturated rings. The Kier molecular flexibility index (Phi) is 16.9. The Labute approximate surface area is 284 Å². The molecule has 1 unspecified atom stereocenters. The van der Waals surface area contributed by atoms with Crippen LogP contribution in [0.15, 0.2) is 47.4 Å². The molecule has 1 aliphatic rings. The topological polar surface area (TPSA) is 119 Å². The Balaban J connectivity index is 0.000000778. The number of aliphatic hydroxyl groups excluding tert-OH is 1. The number of carbonyl (C=O) groups excluding carboxylic acids is 2. The first-order chi connectivity index (χ1) is 22.9. The monoisotopic (exact) mass is 697 g/mol. The third kappa shape index (κ3) is 13.2. The summed E-state index contributed by atoms with van der Waals surface area (Å²) in [5.41, 5.74) is -0.334. The molecule has 2 aromatic rings. The van der Waals surface area contributed by atoms with Crippen molar-refractivity contribution in [2.75, 3.05) is 24.7 Å². The molecule has 48 heavy (non-hydrogen) atoms. The van der Waals surface area contributed by atoms with E-state index in [0.29, 0.717) is 5.56 Å². The van der Waals surface area contributed by atoms with Crippen LogP contribution in [0.3, 0.4) is 0 Å². The number of nitrogens with one attached hydrogen (secondary N) is 2. The number of carbonyl (C=O) groups is 2. The lowest BCUT2D eigenvalue weighted by Gasteiger charge is -2.20. The summed E-state index contributed by atoms with van der Waals surface area (Å²) >= 11 is 0. The number of nitrogens with zero attached hydrogens (tertiary/aromatic N) is 1. The van der Waals surface area contributed by atoms with E-state index in [0.717, 1.165) is 6.07 Å². The second-order valence-electron chi connectivity index (χ2n) is 9.22. The summed E-state index contributed by atoms with van der Waals surface area (Å²) in [5.74, 6) is 19.3. The lowest BCUT2D eigenvalue weighted by Crippen LogP contribution is -2.36. The minimum absolute atomic E-state index is 0.0225. The highest BCUT2D eigenvalue weighted by Gasteiger charge is 2.39. The Morgan fingerprint density at radius 2 is 1.88 bits per heavy atom. The zero-order chi connectivity index (χ0) is 35.5. The molecule has 0 bridgehead atoms. The first-order valence-corrected chi connectivity index (χ1v) is 16.5. The third-order valence-corrected chi connectivity index (χ3v) is 7.86. The van der Waals surface area contributed by atoms with E-state index in [-0.39, 0.29) is 29.7 Å². The van der Waals surface area contributed by atoms with Crippen molar-refractivity contribution >= 4 is 39.1 Å². The van der Waals surface area contributed by atoms with E-state index >= 15 is 0 Å². The third-order valence-electron chi connectivity index (χ3n) is 5.90. The number of ether oxygens (including phenoxy) is 2. The van der Waals surface area contributed by atoms with Gasteiger partial charge in [0.2, 0.25) is 0 Å². The van der Waals surface area contributed by atoms with Crippen molar-refractivity contribution in [2.24, 2.45) is 0 Å². The van der Waals surface area contributed by atoms with Crippen molar-refractivity contribution in [3.63, 3.8) is 0 Å². The summed E-state index contributed by atoms with van der Waals surface area (Å²) in [6.45, 7) is 2.59. The van der Waals surface area contributed by atoms with Crippen molar-refractivity contribution in [3.05, 3.63) is 64.1 Å². The summed E-state index contributed by atoms with van der Waals surface area (Å²) in [5, 5.41) is 14.0. The molecule has 14 heteroatoms. The number of alkyl halides is 3. The molecule has 1 saturated heterocycles. The Morgan fingerprint density at radius 3 is 2.50 bits per heavy atom. The van der Waals surface area contributed by atoms with Gasteiger partial charge in [0.1, 0.15) is 17.8 Å². The molecule has 3 rings (SSSR count). The van der Waals surface area contributed by atoms with Crippen LogP contribution in [0.4, 0.5) is 18.9 Å². The fourth-order valence-corrected chi connectivity index (χ4v) is 5.31. The van der Waals surface area contributed by atoms with Gasteiger partial charge in [0.25, 0.3) is 11.5 Å². The van der Waals surface area contributed by atoms with Crippen LogP contribution in [-0.2, 0) is 14.3 Å². The smallest absolute Gasteiger partial charge is 0.394 e. The van der Waals surface area contributed by atoms with Gasteiger partial charge in [-0.2, -0.15) is 13.2 Å². The zero-order valence-electron chi connectivity index (χ0n) is 25.9. The van der Waals surface area contributed by atoms with E-state index in [1.54, 1.807) is 42.6 Å². The van der Waals surface area contributed by atoms with Gasteiger partial charge in [-0.25, -0.2) is 0 Å². The summed E-state index contributed by atoms with van der Waals surface area (Å²) in [6.07, 6.45) is 1.15. The minimum atomic E-state index is -5.06. The number of pyridine rings is 1. The molecule has 3 N–H and O–H groups in total. The number of hydrogen-bond acceptors (Lipinski definition) is 8. The van der Waals surface area contributed by atoms with Gasteiger partial charge in [0, 0.05) is 24.2 Å². The van der Waals surface area contributed by atoms with Crippen molar-refractivity contribution < 1.29 is 37.3 Å². The standard InChI is InChI=1S/C25H26F3N3O6S2.C9H4/c1-15(39-38-2)36-19-12-22(37-20(19)14-32)31-13-17(9-6-10-29-24(35)25(26,27)28)18(11-21(31)33)30-23(34)16-7-4-3-5-8-16;1-3-5-7-9-8-6-4-2/h3-5,7-8,11,13,15,19-20,22,32H,10,12,14H2,1-2H3,(H,29,35)(H,30,34);1H,2H3/t15-,19?,20-,22-;/m1./s1. The van der Waals surface area contributed by atoms with Crippen molar-refractivity contribution in [2.45, 2.75) is 50.3 Å². The summed E-state index contributed by atoms with van der Waals surface area (Å²) < 4.78 is 50.4. The SMILES string of the molecule is C#CC#CC#CC#CC.CSS[C@H](C)OC1C[C@H](n2cc(C#CCNC(=O)C(F)(F)F)c(NC(=O)c3ccccc3)cc2=O)O[C@@H]1CO. The highest BCUT2D eigenvalue weighted by atomic mass is 33.1. The van der Waals surface area contributed by atoms with E-state index in [9.17, 15) is 32.7 Å². The van der Waals surface area contributed by atoms with Crippen LogP contribution in [0, 0.1) is 59.7 Å². The molecule has 2 heterocycles. The molecule has 250 valence electrons. The largest absolute Gasteiger partial charge is 0.471 e. The lowest BCUT2D eigenvalue weighted by atomic mass is 10.1. The molecule has 4 atom stereocenters. The van der Waals surface area contributed by atoms with Gasteiger partial charge in [0.15, 0.2) is 0 Å². The number of rotatable bonds is 9. The first kappa shape index (κ1) is 39.5. The van der Waals surface area contributed by atoms with Gasteiger partial charge in [0.05, 0.1) is 30.5 Å². The predicted molar refractivity (Wildman–Crippen MR) is 180 cm³/mol. The number of aliphatic hydroxyl groups is 1. The van der Waals surface area contributed by atoms with Crippen molar-refractivity contribution in [1.82, 2.24) is 9.88 Å². The van der Waals surface area contributed by atoms with Gasteiger partial charge in [-0.3, -0.25) is 19.0 Å². The molecule has 0 aliphatic carbocycles. The summed E-state index contributed by atoms with van der Waals surface area (Å²) in [6, 6.07) is 9.28. The molecule has 0 radical (unpaired) electrons. The fourth-order valence-electron chi connectivity index (χ4n) is 3.90. The first-order valence-electron chi connectivity index (χ1n) is 13.9. The van der Waals surface area contributed by atoms with Crippen LogP contribution >= 0.6 is 21.6 Å². The zero-order valence-corrected chi connectivity index (χ0v) is 27.6. The highest BCUT2D eigenvalue weighted by Crippen LogP contribution is 2.34. The second kappa shape index (κ2) is 20.5. The molecule has 2 amide bonds. The summed E-state index contributed by atoms with van der Waals surface area (Å²) in [7, 11) is 3.00. The van der Waals surface area contributed by atoms with E-state index in [2.05, 4.69) is 58.6 Å². The summed E-state index contributed by atoms with van der Waals surface area (Å²) in [4.78, 5) is 36.8. The number of aromatic nitrogens is 1. The molecule has 0 saturated carbocycles. The maximum absolute atomic E-state index is 13.0. The number of hydrogen-bond donors (Lipinski definition) is 3. The van der Waals surface area contributed by atoms with Crippen LogP contribution in [0.2, 0.25) is 0 Å². The molecule has 1 aromatic heterocycles. The van der Waals surface area contributed by atoms with Gasteiger partial charge in [-0.1, -0.05) is 57.5 Å². The van der Waals surface area contributed by atoms with Crippen molar-refractivity contribution in [1.29, 1.82) is 0 Å². The Morgan fingerprint density at radius 1 is 1.19 bits per heavy atom. The Bertz CT molecular complexity index is 1780. The van der Waals surface area contributed by atoms with E-state index in [1.807, 2.05) is 13.2 Å². The second-order valence-corrected chi connectivity index (χ2v) is 12.0. The highest BCUT2D eigenvalue weighted by molar-refractivity contribution is 8.76. The van der Waals surface area contributed by atoms with Crippen LogP contribution in [0.1, 0.15) is 42.4 Å². The Hall–Kier alpha value is -4.72. The van der Waals surface area contributed by atoms with Gasteiger partial charge in [-0.15, -0.1) is 6.42 Å². The van der Waals surface area contributed by atoms with Crippen LogP contribution < -0.4 is 16.2 Å². The van der Waals surface area contributed by atoms with Gasteiger partial charge in [-0.05, 0) is 67.8 Å². The molecule has 1 aliphatic heterocycles. The van der Waals surface area contributed by atoms with Gasteiger partial charge < -0.3 is 25.2 Å². The van der Waals surface area contributed by atoms with Crippen LogP contribution in [-0.4, -0.2) is 64.7 Å². The van der Waals surface area contributed by atoms with Crippen LogP contribution in [0.25, 0.3) is 0 Å². The van der Waals surface area contributed by atoms with E-state index < -0.39 is 48.5 Å². The predicted octanol–water partition coefficient (Wildman–Crippen LogP) is 3.80. The molecular formula is C34H30F3N3O6S2. The number of halogens is 3. The maximum Gasteiger partial charge on any atom is 0.471 e. The molecule has 0 spiro atoms. The van der Waals surface area contributed by atoms with E-state index in [4.69, 9.17) is 15.9 Å². The average Bonchev–Trinajstić information content (AvgIpc) is 3.46.